The number of fused-ring (bicyclic) bond motifs is 1. The van der Waals surface area contributed by atoms with Crippen molar-refractivity contribution in [3.8, 4) is 0 Å². The largest absolute Gasteiger partial charge is 0.312 e. The summed E-state index contributed by atoms with van der Waals surface area (Å²) in [5.41, 5.74) is 1.33. The van der Waals surface area contributed by atoms with Crippen molar-refractivity contribution < 1.29 is 4.79 Å². The second-order valence-electron chi connectivity index (χ2n) is 5.79. The third-order valence-electron chi connectivity index (χ3n) is 4.24. The van der Waals surface area contributed by atoms with Crippen LogP contribution in [0.3, 0.4) is 0 Å². The lowest BCUT2D eigenvalue weighted by molar-refractivity contribution is -0.120. The summed E-state index contributed by atoms with van der Waals surface area (Å²) in [5.74, 6) is 1.11. The van der Waals surface area contributed by atoms with Crippen molar-refractivity contribution in [3.63, 3.8) is 0 Å². The van der Waals surface area contributed by atoms with Crippen molar-refractivity contribution in [3.05, 3.63) is 48.0 Å². The van der Waals surface area contributed by atoms with Gasteiger partial charge in [0.05, 0.1) is 0 Å². The molecule has 3 rings (SSSR count). The van der Waals surface area contributed by atoms with Crippen molar-refractivity contribution in [2.24, 2.45) is 5.92 Å². The van der Waals surface area contributed by atoms with Gasteiger partial charge in [0.1, 0.15) is 5.78 Å². The van der Waals surface area contributed by atoms with E-state index >= 15 is 0 Å². The van der Waals surface area contributed by atoms with Crippen LogP contribution in [0, 0.1) is 5.92 Å². The van der Waals surface area contributed by atoms with Crippen molar-refractivity contribution in [2.45, 2.75) is 32.2 Å². The Kier molecular flexibility index (Phi) is 4.12. The van der Waals surface area contributed by atoms with Crippen LogP contribution in [0.25, 0.3) is 10.8 Å². The second-order valence-corrected chi connectivity index (χ2v) is 5.79. The molecule has 0 saturated heterocycles. The number of carbonyl (C=O) groups excluding carboxylic acids is 1. The van der Waals surface area contributed by atoms with Crippen LogP contribution in [0.5, 0.6) is 0 Å². The van der Waals surface area contributed by atoms with Gasteiger partial charge in [-0.3, -0.25) is 4.79 Å². The van der Waals surface area contributed by atoms with Crippen LogP contribution in [0.2, 0.25) is 0 Å². The summed E-state index contributed by atoms with van der Waals surface area (Å²) in [6.07, 6.45) is 3.68. The van der Waals surface area contributed by atoms with E-state index in [2.05, 4.69) is 47.8 Å². The first-order valence-corrected chi connectivity index (χ1v) is 7.51. The van der Waals surface area contributed by atoms with E-state index in [1.807, 2.05) is 0 Å². The fourth-order valence-corrected chi connectivity index (χ4v) is 2.97. The van der Waals surface area contributed by atoms with E-state index in [1.54, 1.807) is 0 Å². The van der Waals surface area contributed by atoms with Crippen LogP contribution in [0.15, 0.2) is 42.5 Å². The minimum Gasteiger partial charge on any atom is -0.312 e. The van der Waals surface area contributed by atoms with Gasteiger partial charge < -0.3 is 5.32 Å². The quantitative estimate of drug-likeness (QED) is 0.915. The molecule has 1 N–H and O–H groups in total. The molecule has 2 nitrogen and oxygen atoms in total. The first-order valence-electron chi connectivity index (χ1n) is 7.51. The van der Waals surface area contributed by atoms with E-state index in [-0.39, 0.29) is 0 Å². The maximum absolute atomic E-state index is 11.2. The lowest BCUT2D eigenvalue weighted by atomic mass is 9.88. The molecule has 2 aromatic rings. The van der Waals surface area contributed by atoms with Gasteiger partial charge >= 0.3 is 0 Å². The zero-order valence-electron chi connectivity index (χ0n) is 11.8. The predicted molar refractivity (Wildman–Crippen MR) is 82.6 cm³/mol. The second kappa shape index (κ2) is 6.19. The van der Waals surface area contributed by atoms with Crippen molar-refractivity contribution in [2.75, 3.05) is 6.54 Å². The third-order valence-corrected chi connectivity index (χ3v) is 4.24. The molecular formula is C18H21NO. The van der Waals surface area contributed by atoms with Crippen LogP contribution in [-0.4, -0.2) is 12.3 Å². The molecule has 1 aliphatic carbocycles. The summed E-state index contributed by atoms with van der Waals surface area (Å²) < 4.78 is 0. The molecular weight excluding hydrogens is 246 g/mol. The minimum absolute atomic E-state index is 0.441. The number of rotatable bonds is 4. The predicted octanol–water partition coefficient (Wildman–Crippen LogP) is 3.69. The number of hydrogen-bond donors (Lipinski definition) is 1. The van der Waals surface area contributed by atoms with Gasteiger partial charge in [-0.1, -0.05) is 36.4 Å². The zero-order chi connectivity index (χ0) is 13.8. The number of benzene rings is 2. The fourth-order valence-electron chi connectivity index (χ4n) is 2.97. The van der Waals surface area contributed by atoms with Crippen LogP contribution in [0.1, 0.15) is 31.2 Å². The molecule has 0 radical (unpaired) electrons. The number of hydrogen-bond acceptors (Lipinski definition) is 2. The van der Waals surface area contributed by atoms with Gasteiger partial charge in [0.15, 0.2) is 0 Å². The highest BCUT2D eigenvalue weighted by Crippen LogP contribution is 2.21. The Labute approximate surface area is 120 Å². The highest BCUT2D eigenvalue weighted by atomic mass is 16.1. The molecule has 0 unspecified atom stereocenters. The van der Waals surface area contributed by atoms with Gasteiger partial charge in [-0.25, -0.2) is 0 Å². The van der Waals surface area contributed by atoms with Crippen LogP contribution < -0.4 is 5.32 Å². The van der Waals surface area contributed by atoms with E-state index in [9.17, 15) is 4.79 Å². The molecule has 1 saturated carbocycles. The fraction of sp³-hybridized carbons (Fsp3) is 0.389. The summed E-state index contributed by atoms with van der Waals surface area (Å²) in [7, 11) is 0. The van der Waals surface area contributed by atoms with Gasteiger partial charge in [-0.05, 0) is 47.7 Å². The van der Waals surface area contributed by atoms with E-state index < -0.39 is 0 Å². The Morgan fingerprint density at radius 2 is 1.75 bits per heavy atom. The molecule has 2 heteroatoms. The Balaban J connectivity index is 1.53. The van der Waals surface area contributed by atoms with Gasteiger partial charge in [0.2, 0.25) is 0 Å². The Hall–Kier alpha value is -1.67. The average Bonchev–Trinajstić information content (AvgIpc) is 2.49. The van der Waals surface area contributed by atoms with Gasteiger partial charge in [0.25, 0.3) is 0 Å². The molecule has 2 aromatic carbocycles. The maximum Gasteiger partial charge on any atom is 0.132 e. The lowest BCUT2D eigenvalue weighted by Gasteiger charge is -2.21. The molecule has 0 aliphatic heterocycles. The van der Waals surface area contributed by atoms with E-state index in [4.69, 9.17) is 0 Å². The van der Waals surface area contributed by atoms with E-state index in [1.165, 1.54) is 16.3 Å². The molecule has 0 spiro atoms. The molecule has 0 atom stereocenters. The normalized spacial score (nSPS) is 16.7. The monoisotopic (exact) mass is 267 g/mol. The summed E-state index contributed by atoms with van der Waals surface area (Å²) >= 11 is 0. The molecule has 0 amide bonds. The topological polar surface area (TPSA) is 29.1 Å². The van der Waals surface area contributed by atoms with Crippen LogP contribution >= 0.6 is 0 Å². The minimum atomic E-state index is 0.441. The molecule has 0 aromatic heterocycles. The summed E-state index contributed by atoms with van der Waals surface area (Å²) in [4.78, 5) is 11.2. The number of Topliss-reactive ketones (excluding diaryl/α,β-unsaturated/α-hetero) is 1. The first-order chi connectivity index (χ1) is 9.81. The lowest BCUT2D eigenvalue weighted by Crippen LogP contribution is -2.26. The number of ketones is 1. The zero-order valence-corrected chi connectivity index (χ0v) is 11.8. The molecule has 1 aliphatic rings. The van der Waals surface area contributed by atoms with Crippen LogP contribution in [0.4, 0.5) is 0 Å². The smallest absolute Gasteiger partial charge is 0.132 e. The van der Waals surface area contributed by atoms with Gasteiger partial charge in [-0.2, -0.15) is 0 Å². The Morgan fingerprint density at radius 3 is 2.55 bits per heavy atom. The maximum atomic E-state index is 11.2. The Bertz CT molecular complexity index is 595. The SMILES string of the molecule is O=C1CCC(CNCc2ccc3ccccc3c2)CC1. The molecule has 0 bridgehead atoms. The van der Waals surface area contributed by atoms with Gasteiger partial charge in [-0.15, -0.1) is 0 Å². The van der Waals surface area contributed by atoms with Gasteiger partial charge in [0, 0.05) is 19.4 Å². The summed E-state index contributed by atoms with van der Waals surface area (Å²) in [6, 6.07) is 15.1. The highest BCUT2D eigenvalue weighted by molar-refractivity contribution is 5.83. The third kappa shape index (κ3) is 3.26. The molecule has 104 valence electrons. The van der Waals surface area contributed by atoms with E-state index in [0.29, 0.717) is 11.7 Å². The van der Waals surface area contributed by atoms with Crippen molar-refractivity contribution in [1.29, 1.82) is 0 Å². The van der Waals surface area contributed by atoms with Crippen molar-refractivity contribution >= 4 is 16.6 Å². The molecule has 0 heterocycles. The summed E-state index contributed by atoms with van der Waals surface area (Å²) in [6.45, 7) is 1.94. The highest BCUT2D eigenvalue weighted by Gasteiger charge is 2.17. The molecule has 1 fully saturated rings. The summed E-state index contributed by atoms with van der Waals surface area (Å²) in [5, 5.41) is 6.13. The van der Waals surface area contributed by atoms with Crippen molar-refractivity contribution in [1.82, 2.24) is 5.32 Å². The number of nitrogens with one attached hydrogen (secondary N) is 1. The standard InChI is InChI=1S/C18H21NO/c20-18-9-6-14(7-10-18)12-19-13-15-5-8-16-3-1-2-4-17(16)11-15/h1-5,8,11,14,19H,6-7,9-10,12-13H2. The Morgan fingerprint density at radius 1 is 1.00 bits per heavy atom. The molecule has 20 heavy (non-hydrogen) atoms. The van der Waals surface area contributed by atoms with Crippen LogP contribution in [-0.2, 0) is 11.3 Å². The first kappa shape index (κ1) is 13.3. The average molecular weight is 267 g/mol. The van der Waals surface area contributed by atoms with E-state index in [0.717, 1.165) is 38.8 Å². The number of carbonyl (C=O) groups is 1.